The van der Waals surface area contributed by atoms with Gasteiger partial charge in [-0.2, -0.15) is 4.98 Å². The second-order valence-corrected chi connectivity index (χ2v) is 6.96. The molecule has 1 fully saturated rings. The number of aromatic nitrogens is 4. The van der Waals surface area contributed by atoms with Gasteiger partial charge in [0.05, 0.1) is 11.6 Å². The van der Waals surface area contributed by atoms with Crippen molar-refractivity contribution in [2.75, 3.05) is 25.1 Å². The Balaban J connectivity index is 1.50. The average Bonchev–Trinajstić information content (AvgIpc) is 3.41. The molecule has 0 amide bonds. The summed E-state index contributed by atoms with van der Waals surface area (Å²) in [6.07, 6.45) is 0.730. The minimum Gasteiger partial charge on any atom is -0.388 e. The van der Waals surface area contributed by atoms with Crippen molar-refractivity contribution in [3.8, 4) is 23.4 Å². The van der Waals surface area contributed by atoms with Gasteiger partial charge < -0.3 is 19.3 Å². The largest absolute Gasteiger partial charge is 0.388 e. The van der Waals surface area contributed by atoms with Crippen LogP contribution in [-0.2, 0) is 11.3 Å². The lowest BCUT2D eigenvalue weighted by Crippen LogP contribution is -2.34. The van der Waals surface area contributed by atoms with Crippen LogP contribution in [0.25, 0.3) is 11.6 Å². The molecule has 4 rings (SSSR count). The maximum absolute atomic E-state index is 9.03. The second kappa shape index (κ2) is 8.17. The predicted octanol–water partition coefficient (Wildman–Crippen LogP) is 2.32. The standard InChI is InChI=1S/C20H18ClN5O3/c1-28-20(9-8-14-4-2-3-5-15(14)21)10-11-26(13-20)18-7-6-16(23-24-18)19-22-17(12-27)25-29-19/h2-7,27H,10-13H2,1H3. The zero-order chi connectivity index (χ0) is 20.3. The van der Waals surface area contributed by atoms with Crippen LogP contribution in [0.5, 0.6) is 0 Å². The van der Waals surface area contributed by atoms with Crippen molar-refractivity contribution in [3.63, 3.8) is 0 Å². The lowest BCUT2D eigenvalue weighted by molar-refractivity contribution is 0.0602. The molecule has 0 radical (unpaired) electrons. The molecule has 1 unspecified atom stereocenters. The highest BCUT2D eigenvalue weighted by atomic mass is 35.5. The van der Waals surface area contributed by atoms with Crippen LogP contribution in [0, 0.1) is 11.8 Å². The molecule has 3 heterocycles. The number of aliphatic hydroxyl groups excluding tert-OH is 1. The molecule has 1 aliphatic rings. The normalized spacial score (nSPS) is 18.5. The van der Waals surface area contributed by atoms with Gasteiger partial charge in [0, 0.05) is 25.6 Å². The van der Waals surface area contributed by atoms with Crippen LogP contribution in [0.4, 0.5) is 5.82 Å². The average molecular weight is 412 g/mol. The van der Waals surface area contributed by atoms with Gasteiger partial charge in [-0.25, -0.2) is 0 Å². The third-order valence-electron chi connectivity index (χ3n) is 4.72. The van der Waals surface area contributed by atoms with Gasteiger partial charge in [0.1, 0.15) is 12.2 Å². The highest BCUT2D eigenvalue weighted by Gasteiger charge is 2.37. The van der Waals surface area contributed by atoms with Crippen LogP contribution in [0.15, 0.2) is 40.9 Å². The molecular weight excluding hydrogens is 394 g/mol. The summed E-state index contributed by atoms with van der Waals surface area (Å²) >= 11 is 6.20. The zero-order valence-electron chi connectivity index (χ0n) is 15.7. The summed E-state index contributed by atoms with van der Waals surface area (Å²) < 4.78 is 10.8. The van der Waals surface area contributed by atoms with Crippen LogP contribution in [0.1, 0.15) is 17.8 Å². The molecule has 0 aliphatic carbocycles. The van der Waals surface area contributed by atoms with Gasteiger partial charge >= 0.3 is 0 Å². The van der Waals surface area contributed by atoms with Crippen molar-refractivity contribution in [2.24, 2.45) is 0 Å². The van der Waals surface area contributed by atoms with Crippen LogP contribution in [0.2, 0.25) is 5.02 Å². The number of methoxy groups -OCH3 is 1. The first-order valence-electron chi connectivity index (χ1n) is 8.98. The SMILES string of the molecule is COC1(C#Cc2ccccc2Cl)CCN(c2ccc(-c3nc(CO)no3)nn2)C1. The Morgan fingerprint density at radius 3 is 2.83 bits per heavy atom. The maximum atomic E-state index is 9.03. The summed E-state index contributed by atoms with van der Waals surface area (Å²) in [5.74, 6) is 7.50. The van der Waals surface area contributed by atoms with Gasteiger partial charge in [-0.05, 0) is 24.3 Å². The molecular formula is C20H18ClN5O3. The van der Waals surface area contributed by atoms with Gasteiger partial charge in [-0.15, -0.1) is 10.2 Å². The predicted molar refractivity (Wildman–Crippen MR) is 106 cm³/mol. The van der Waals surface area contributed by atoms with E-state index in [-0.39, 0.29) is 18.3 Å². The Hall–Kier alpha value is -2.99. The molecule has 0 bridgehead atoms. The van der Waals surface area contributed by atoms with E-state index in [4.69, 9.17) is 26.0 Å². The van der Waals surface area contributed by atoms with Crippen molar-refractivity contribution < 1.29 is 14.4 Å². The van der Waals surface area contributed by atoms with Crippen molar-refractivity contribution >= 4 is 17.4 Å². The summed E-state index contributed by atoms with van der Waals surface area (Å²) in [6.45, 7) is 0.996. The number of benzene rings is 1. The third kappa shape index (κ3) is 4.07. The fourth-order valence-electron chi connectivity index (χ4n) is 3.07. The smallest absolute Gasteiger partial charge is 0.278 e. The molecule has 1 saturated heterocycles. The molecule has 2 aromatic heterocycles. The van der Waals surface area contributed by atoms with E-state index in [9.17, 15) is 0 Å². The highest BCUT2D eigenvalue weighted by Crippen LogP contribution is 2.28. The minimum absolute atomic E-state index is 0.201. The first-order valence-corrected chi connectivity index (χ1v) is 9.36. The quantitative estimate of drug-likeness (QED) is 0.653. The van der Waals surface area contributed by atoms with E-state index >= 15 is 0 Å². The Kier molecular flexibility index (Phi) is 5.45. The van der Waals surface area contributed by atoms with Crippen LogP contribution in [0.3, 0.4) is 0 Å². The molecule has 8 nitrogen and oxygen atoms in total. The maximum Gasteiger partial charge on any atom is 0.278 e. The second-order valence-electron chi connectivity index (χ2n) is 6.55. The monoisotopic (exact) mass is 411 g/mol. The van der Waals surface area contributed by atoms with Crippen LogP contribution >= 0.6 is 11.6 Å². The van der Waals surface area contributed by atoms with Gasteiger partial charge in [-0.1, -0.05) is 40.7 Å². The molecule has 1 atom stereocenters. The molecule has 3 aromatic rings. The fourth-order valence-corrected chi connectivity index (χ4v) is 3.25. The number of hydrogen-bond donors (Lipinski definition) is 1. The fraction of sp³-hybridized carbons (Fsp3) is 0.300. The first-order chi connectivity index (χ1) is 14.1. The molecule has 29 heavy (non-hydrogen) atoms. The zero-order valence-corrected chi connectivity index (χ0v) is 16.4. The Morgan fingerprint density at radius 2 is 2.14 bits per heavy atom. The first kappa shape index (κ1) is 19.3. The van der Waals surface area contributed by atoms with Gasteiger partial charge in [0.25, 0.3) is 5.89 Å². The van der Waals surface area contributed by atoms with E-state index in [1.165, 1.54) is 0 Å². The summed E-state index contributed by atoms with van der Waals surface area (Å²) in [5, 5.41) is 21.7. The number of nitrogens with zero attached hydrogens (tertiary/aromatic N) is 5. The summed E-state index contributed by atoms with van der Waals surface area (Å²) in [5.41, 5.74) is 0.605. The lowest BCUT2D eigenvalue weighted by atomic mass is 10.0. The Morgan fingerprint density at radius 1 is 1.28 bits per heavy atom. The minimum atomic E-state index is -0.609. The number of rotatable bonds is 4. The van der Waals surface area contributed by atoms with Crippen molar-refractivity contribution in [2.45, 2.75) is 18.6 Å². The summed E-state index contributed by atoms with van der Waals surface area (Å²) in [4.78, 5) is 6.09. The van der Waals surface area contributed by atoms with E-state index < -0.39 is 5.60 Å². The van der Waals surface area contributed by atoms with Crippen LogP contribution in [-0.4, -0.2) is 51.2 Å². The van der Waals surface area contributed by atoms with Gasteiger partial charge in [-0.3, -0.25) is 0 Å². The van der Waals surface area contributed by atoms with E-state index in [0.717, 1.165) is 18.5 Å². The Bertz CT molecular complexity index is 1060. The van der Waals surface area contributed by atoms with E-state index in [2.05, 4.69) is 37.1 Å². The summed E-state index contributed by atoms with van der Waals surface area (Å²) in [6, 6.07) is 11.1. The molecule has 1 aromatic carbocycles. The number of anilines is 1. The van der Waals surface area contributed by atoms with Crippen molar-refractivity contribution in [1.82, 2.24) is 20.3 Å². The van der Waals surface area contributed by atoms with Gasteiger partial charge in [0.2, 0.25) is 0 Å². The summed E-state index contributed by atoms with van der Waals surface area (Å²) in [7, 11) is 1.66. The molecule has 1 aliphatic heterocycles. The molecule has 1 N–H and O–H groups in total. The molecule has 0 saturated carbocycles. The molecule has 9 heteroatoms. The number of aliphatic hydroxyl groups is 1. The van der Waals surface area contributed by atoms with Crippen molar-refractivity contribution in [3.05, 3.63) is 52.8 Å². The van der Waals surface area contributed by atoms with Crippen molar-refractivity contribution in [1.29, 1.82) is 0 Å². The number of halogens is 1. The number of ether oxygens (including phenoxy) is 1. The van der Waals surface area contributed by atoms with Gasteiger partial charge in [0.15, 0.2) is 17.3 Å². The third-order valence-corrected chi connectivity index (χ3v) is 5.05. The lowest BCUT2D eigenvalue weighted by Gasteiger charge is -2.22. The number of hydrogen-bond acceptors (Lipinski definition) is 8. The van der Waals surface area contributed by atoms with Crippen LogP contribution < -0.4 is 4.90 Å². The van der Waals surface area contributed by atoms with E-state index in [1.807, 2.05) is 30.3 Å². The molecule has 0 spiro atoms. The molecule has 148 valence electrons. The topological polar surface area (TPSA) is 97.4 Å². The van der Waals surface area contributed by atoms with E-state index in [1.54, 1.807) is 13.2 Å². The Labute approximate surface area is 172 Å². The highest BCUT2D eigenvalue weighted by molar-refractivity contribution is 6.31. The van der Waals surface area contributed by atoms with E-state index in [0.29, 0.717) is 23.1 Å².